The highest BCUT2D eigenvalue weighted by Crippen LogP contribution is 2.12. The van der Waals surface area contributed by atoms with Crippen LogP contribution in [0.5, 0.6) is 0 Å². The monoisotopic (exact) mass is 252 g/mol. The molecule has 0 fully saturated rings. The quantitative estimate of drug-likeness (QED) is 0.806. The van der Waals surface area contributed by atoms with Gasteiger partial charge in [-0.25, -0.2) is 0 Å². The zero-order valence-corrected chi connectivity index (χ0v) is 9.04. The summed E-state index contributed by atoms with van der Waals surface area (Å²) in [6.07, 6.45) is 0. The summed E-state index contributed by atoms with van der Waals surface area (Å²) in [6, 6.07) is 7.57. The third-order valence-corrected chi connectivity index (χ3v) is 2.53. The predicted molar refractivity (Wildman–Crippen MR) is 58.6 cm³/mol. The van der Waals surface area contributed by atoms with Crippen molar-refractivity contribution >= 4 is 27.5 Å². The van der Waals surface area contributed by atoms with Crippen LogP contribution in [0.2, 0.25) is 0 Å². The Labute approximate surface area is 90.4 Å². The van der Waals surface area contributed by atoms with Crippen molar-refractivity contribution in [2.75, 3.05) is 13.1 Å². The fourth-order valence-corrected chi connectivity index (χ4v) is 1.59. The summed E-state index contributed by atoms with van der Waals surface area (Å²) in [5.41, 5.74) is 1.40. The maximum Gasteiger partial charge on any atom is 0.270 e. The van der Waals surface area contributed by atoms with E-state index in [4.69, 9.17) is 0 Å². The molecule has 1 aromatic carbocycles. The fraction of sp³-hybridized carbons (Fsp3) is 0.200. The number of nitrogens with one attached hydrogen (secondary N) is 1. The third-order valence-electron chi connectivity index (χ3n) is 2.00. The summed E-state index contributed by atoms with van der Waals surface area (Å²) in [5.74, 6) is -0.0847. The highest BCUT2D eigenvalue weighted by Gasteiger charge is 2.15. The van der Waals surface area contributed by atoms with Crippen LogP contribution >= 0.6 is 15.9 Å². The topological polar surface area (TPSA) is 41.5 Å². The first-order valence-corrected chi connectivity index (χ1v) is 5.15. The second-order valence-corrected chi connectivity index (χ2v) is 3.91. The molecule has 0 saturated carbocycles. The van der Waals surface area contributed by atoms with Gasteiger partial charge in [0.15, 0.2) is 0 Å². The lowest BCUT2D eigenvalue weighted by atomic mass is 10.1. The molecule has 4 heteroatoms. The Bertz CT molecular complexity index is 384. The molecule has 1 aliphatic heterocycles. The lowest BCUT2D eigenvalue weighted by molar-refractivity contribution is -0.114. The van der Waals surface area contributed by atoms with Crippen molar-refractivity contribution in [1.82, 2.24) is 5.32 Å². The SMILES string of the molecule is O=C1NCCN=C1c1ccc(Br)cc1. The van der Waals surface area contributed by atoms with E-state index in [1.807, 2.05) is 24.3 Å². The number of aliphatic imine (C=N–C) groups is 1. The molecule has 14 heavy (non-hydrogen) atoms. The Morgan fingerprint density at radius 2 is 2.00 bits per heavy atom. The van der Waals surface area contributed by atoms with Gasteiger partial charge in [-0.1, -0.05) is 28.1 Å². The van der Waals surface area contributed by atoms with Gasteiger partial charge in [-0.3, -0.25) is 9.79 Å². The van der Waals surface area contributed by atoms with Gasteiger partial charge < -0.3 is 5.32 Å². The Hall–Kier alpha value is -1.16. The van der Waals surface area contributed by atoms with Crippen molar-refractivity contribution in [3.63, 3.8) is 0 Å². The summed E-state index contributed by atoms with van der Waals surface area (Å²) in [4.78, 5) is 15.6. The van der Waals surface area contributed by atoms with E-state index < -0.39 is 0 Å². The molecule has 0 saturated heterocycles. The van der Waals surface area contributed by atoms with Crippen molar-refractivity contribution in [3.8, 4) is 0 Å². The average molecular weight is 253 g/mol. The van der Waals surface area contributed by atoms with E-state index in [-0.39, 0.29) is 5.91 Å². The number of amides is 1. The van der Waals surface area contributed by atoms with Crippen LogP contribution in [-0.2, 0) is 4.79 Å². The molecule has 1 aliphatic rings. The first-order chi connectivity index (χ1) is 6.77. The molecular weight excluding hydrogens is 244 g/mol. The first-order valence-electron chi connectivity index (χ1n) is 4.36. The van der Waals surface area contributed by atoms with Crippen LogP contribution in [0.3, 0.4) is 0 Å². The van der Waals surface area contributed by atoms with Gasteiger partial charge in [0.1, 0.15) is 5.71 Å². The largest absolute Gasteiger partial charge is 0.349 e. The van der Waals surface area contributed by atoms with Crippen LogP contribution in [0.25, 0.3) is 0 Å². The highest BCUT2D eigenvalue weighted by molar-refractivity contribution is 9.10. The molecule has 1 amide bonds. The Kier molecular flexibility index (Phi) is 2.63. The third kappa shape index (κ3) is 1.85. The Morgan fingerprint density at radius 3 is 2.64 bits per heavy atom. The van der Waals surface area contributed by atoms with Gasteiger partial charge in [0.2, 0.25) is 0 Å². The van der Waals surface area contributed by atoms with Gasteiger partial charge in [-0.15, -0.1) is 0 Å². The molecule has 0 bridgehead atoms. The second kappa shape index (κ2) is 3.92. The normalized spacial score (nSPS) is 16.1. The minimum atomic E-state index is -0.0847. The number of hydrogen-bond acceptors (Lipinski definition) is 2. The van der Waals surface area contributed by atoms with Crippen LogP contribution in [0.4, 0.5) is 0 Å². The van der Waals surface area contributed by atoms with Gasteiger partial charge in [0.25, 0.3) is 5.91 Å². The maximum absolute atomic E-state index is 11.4. The molecule has 1 heterocycles. The predicted octanol–water partition coefficient (Wildman–Crippen LogP) is 1.37. The van der Waals surface area contributed by atoms with Gasteiger partial charge in [-0.2, -0.15) is 0 Å². The summed E-state index contributed by atoms with van der Waals surface area (Å²) in [6.45, 7) is 1.30. The van der Waals surface area contributed by atoms with Gasteiger partial charge in [0, 0.05) is 16.6 Å². The van der Waals surface area contributed by atoms with Crippen molar-refractivity contribution in [2.24, 2.45) is 4.99 Å². The molecule has 0 spiro atoms. The van der Waals surface area contributed by atoms with Crippen molar-refractivity contribution in [1.29, 1.82) is 0 Å². The van der Waals surface area contributed by atoms with Crippen molar-refractivity contribution < 1.29 is 4.79 Å². The fourth-order valence-electron chi connectivity index (χ4n) is 1.32. The number of carbonyl (C=O) groups is 1. The van der Waals surface area contributed by atoms with E-state index in [0.717, 1.165) is 10.0 Å². The van der Waals surface area contributed by atoms with E-state index in [1.165, 1.54) is 0 Å². The van der Waals surface area contributed by atoms with Gasteiger partial charge in [-0.05, 0) is 12.1 Å². The van der Waals surface area contributed by atoms with Crippen LogP contribution < -0.4 is 5.32 Å². The van der Waals surface area contributed by atoms with Crippen molar-refractivity contribution in [3.05, 3.63) is 34.3 Å². The highest BCUT2D eigenvalue weighted by atomic mass is 79.9. The molecule has 0 radical (unpaired) electrons. The number of nitrogens with zero attached hydrogens (tertiary/aromatic N) is 1. The molecule has 0 aliphatic carbocycles. The lowest BCUT2D eigenvalue weighted by Crippen LogP contribution is -2.37. The lowest BCUT2D eigenvalue weighted by Gasteiger charge is -2.12. The summed E-state index contributed by atoms with van der Waals surface area (Å²) in [7, 11) is 0. The van der Waals surface area contributed by atoms with Crippen LogP contribution in [0.1, 0.15) is 5.56 Å². The Morgan fingerprint density at radius 1 is 1.29 bits per heavy atom. The first kappa shape index (κ1) is 9.40. The van der Waals surface area contributed by atoms with Crippen LogP contribution in [-0.4, -0.2) is 24.7 Å². The molecule has 1 aromatic rings. The summed E-state index contributed by atoms with van der Waals surface area (Å²) < 4.78 is 0.998. The number of benzene rings is 1. The van der Waals surface area contributed by atoms with Crippen LogP contribution in [0.15, 0.2) is 33.7 Å². The van der Waals surface area contributed by atoms with Crippen LogP contribution in [0, 0.1) is 0 Å². The molecular formula is C10H9BrN2O. The number of hydrogen-bond donors (Lipinski definition) is 1. The second-order valence-electron chi connectivity index (χ2n) is 2.99. The van der Waals surface area contributed by atoms with E-state index >= 15 is 0 Å². The van der Waals surface area contributed by atoms with Gasteiger partial charge >= 0.3 is 0 Å². The minimum absolute atomic E-state index is 0.0847. The smallest absolute Gasteiger partial charge is 0.270 e. The number of rotatable bonds is 1. The number of carbonyl (C=O) groups excluding carboxylic acids is 1. The standard InChI is InChI=1S/C10H9BrN2O/c11-8-3-1-7(2-4-8)9-10(14)13-6-5-12-9/h1-4H,5-6H2,(H,13,14). The summed E-state index contributed by atoms with van der Waals surface area (Å²) in [5, 5.41) is 2.76. The number of halogens is 1. The molecule has 3 nitrogen and oxygen atoms in total. The molecule has 0 atom stereocenters. The zero-order valence-electron chi connectivity index (χ0n) is 7.46. The maximum atomic E-state index is 11.4. The van der Waals surface area contributed by atoms with Gasteiger partial charge in [0.05, 0.1) is 6.54 Å². The van der Waals surface area contributed by atoms with Crippen molar-refractivity contribution in [2.45, 2.75) is 0 Å². The van der Waals surface area contributed by atoms with E-state index in [2.05, 4.69) is 26.2 Å². The minimum Gasteiger partial charge on any atom is -0.349 e. The molecule has 72 valence electrons. The summed E-state index contributed by atoms with van der Waals surface area (Å²) >= 11 is 3.34. The molecule has 0 unspecified atom stereocenters. The molecule has 2 rings (SSSR count). The average Bonchev–Trinajstić information content (AvgIpc) is 2.20. The van der Waals surface area contributed by atoms with E-state index in [9.17, 15) is 4.79 Å². The van der Waals surface area contributed by atoms with E-state index in [1.54, 1.807) is 0 Å². The molecule has 0 aromatic heterocycles. The van der Waals surface area contributed by atoms with E-state index in [0.29, 0.717) is 18.8 Å². The Balaban J connectivity index is 2.34. The molecule has 1 N–H and O–H groups in total. The zero-order chi connectivity index (χ0) is 9.97.